The number of hydrazone groups is 1. The lowest BCUT2D eigenvalue weighted by Gasteiger charge is -2.01. The third-order valence-corrected chi connectivity index (χ3v) is 4.06. The molecular weight excluding hydrogens is 422 g/mol. The average molecular weight is 432 g/mol. The number of furan rings is 1. The van der Waals surface area contributed by atoms with Gasteiger partial charge in [-0.05, 0) is 40.2 Å². The number of nitro benzene ring substituents is 1. The maximum atomic E-state index is 10.9. The van der Waals surface area contributed by atoms with Gasteiger partial charge in [0.05, 0.1) is 16.1 Å². The van der Waals surface area contributed by atoms with Crippen LogP contribution in [0.4, 0.5) is 17.2 Å². The van der Waals surface area contributed by atoms with Crippen LogP contribution in [0.3, 0.4) is 0 Å². The largest absolute Gasteiger partial charge is 0.455 e. The van der Waals surface area contributed by atoms with Gasteiger partial charge in [0.15, 0.2) is 0 Å². The summed E-state index contributed by atoms with van der Waals surface area (Å²) in [6.07, 6.45) is 2.74. The van der Waals surface area contributed by atoms with E-state index < -0.39 is 9.85 Å². The van der Waals surface area contributed by atoms with Crippen molar-refractivity contribution in [1.82, 2.24) is 4.98 Å². The fraction of sp³-hybridized carbons (Fsp3) is 0. The van der Waals surface area contributed by atoms with Crippen LogP contribution in [0.2, 0.25) is 0 Å². The third-order valence-electron chi connectivity index (χ3n) is 3.40. The molecule has 3 rings (SSSR count). The van der Waals surface area contributed by atoms with Crippen molar-refractivity contribution in [1.29, 1.82) is 0 Å². The molecule has 136 valence electrons. The Bertz CT molecular complexity index is 1050. The Labute approximate surface area is 160 Å². The fourth-order valence-electron chi connectivity index (χ4n) is 2.17. The van der Waals surface area contributed by atoms with Crippen LogP contribution in [-0.2, 0) is 0 Å². The summed E-state index contributed by atoms with van der Waals surface area (Å²) in [4.78, 5) is 24.5. The van der Waals surface area contributed by atoms with E-state index in [9.17, 15) is 20.2 Å². The molecule has 0 aliphatic rings. The number of nitrogens with zero attached hydrogens (tertiary/aromatic N) is 4. The molecule has 11 heteroatoms. The number of rotatable bonds is 6. The summed E-state index contributed by atoms with van der Waals surface area (Å²) in [7, 11) is 0. The predicted octanol–water partition coefficient (Wildman–Crippen LogP) is 4.37. The topological polar surface area (TPSA) is 137 Å². The van der Waals surface area contributed by atoms with Crippen molar-refractivity contribution in [2.75, 3.05) is 5.43 Å². The molecule has 1 aromatic carbocycles. The van der Waals surface area contributed by atoms with E-state index in [0.29, 0.717) is 21.6 Å². The number of pyridine rings is 1. The minimum Gasteiger partial charge on any atom is -0.455 e. The van der Waals surface area contributed by atoms with Gasteiger partial charge in [-0.1, -0.05) is 0 Å². The van der Waals surface area contributed by atoms with Crippen molar-refractivity contribution in [2.45, 2.75) is 0 Å². The van der Waals surface area contributed by atoms with E-state index in [4.69, 9.17) is 4.42 Å². The number of hydrogen-bond acceptors (Lipinski definition) is 8. The zero-order valence-corrected chi connectivity index (χ0v) is 15.0. The van der Waals surface area contributed by atoms with Gasteiger partial charge < -0.3 is 4.42 Å². The van der Waals surface area contributed by atoms with E-state index in [0.717, 1.165) is 0 Å². The maximum Gasteiger partial charge on any atom is 0.313 e. The summed E-state index contributed by atoms with van der Waals surface area (Å²) < 4.78 is 6.13. The van der Waals surface area contributed by atoms with Crippen LogP contribution in [0.25, 0.3) is 11.3 Å². The molecule has 0 atom stereocenters. The van der Waals surface area contributed by atoms with Crippen molar-refractivity contribution >= 4 is 39.3 Å². The molecule has 0 unspecified atom stereocenters. The average Bonchev–Trinajstić information content (AvgIpc) is 3.10. The second-order valence-electron chi connectivity index (χ2n) is 5.12. The molecule has 0 bridgehead atoms. The van der Waals surface area contributed by atoms with E-state index in [1.165, 1.54) is 36.7 Å². The molecule has 0 spiro atoms. The van der Waals surface area contributed by atoms with E-state index in [1.807, 2.05) is 0 Å². The lowest BCUT2D eigenvalue weighted by molar-refractivity contribution is -0.384. The van der Waals surface area contributed by atoms with Crippen LogP contribution < -0.4 is 5.43 Å². The summed E-state index contributed by atoms with van der Waals surface area (Å²) in [5, 5.41) is 25.6. The van der Waals surface area contributed by atoms with Crippen molar-refractivity contribution in [3.8, 4) is 11.3 Å². The number of halogens is 1. The summed E-state index contributed by atoms with van der Waals surface area (Å²) in [6.45, 7) is 0. The number of anilines is 1. The van der Waals surface area contributed by atoms with Crippen molar-refractivity contribution in [3.05, 3.63) is 79.1 Å². The van der Waals surface area contributed by atoms with Gasteiger partial charge in [0.1, 0.15) is 11.5 Å². The Morgan fingerprint density at radius 2 is 1.96 bits per heavy atom. The first-order valence-corrected chi connectivity index (χ1v) is 8.17. The van der Waals surface area contributed by atoms with Gasteiger partial charge in [0.25, 0.3) is 5.69 Å². The highest BCUT2D eigenvalue weighted by atomic mass is 79.9. The fourth-order valence-corrected chi connectivity index (χ4v) is 2.73. The first-order valence-electron chi connectivity index (χ1n) is 7.38. The van der Waals surface area contributed by atoms with Crippen molar-refractivity contribution in [2.24, 2.45) is 5.10 Å². The lowest BCUT2D eigenvalue weighted by atomic mass is 10.1. The van der Waals surface area contributed by atoms with Gasteiger partial charge >= 0.3 is 5.69 Å². The SMILES string of the molecule is O=[N+]([O-])c1ccc(-c2ccc(/C=N/Nc3ncccc3[N+](=O)[O-])o2)c(Br)c1. The minimum absolute atomic E-state index is 0.00337. The smallest absolute Gasteiger partial charge is 0.313 e. The first kappa shape index (κ1) is 18.2. The highest BCUT2D eigenvalue weighted by Crippen LogP contribution is 2.32. The van der Waals surface area contributed by atoms with Crippen LogP contribution in [0, 0.1) is 20.2 Å². The molecule has 0 fully saturated rings. The molecule has 0 aliphatic carbocycles. The number of aromatic nitrogens is 1. The number of nitro groups is 2. The second kappa shape index (κ2) is 7.74. The quantitative estimate of drug-likeness (QED) is 0.347. The number of nitrogens with one attached hydrogen (secondary N) is 1. The highest BCUT2D eigenvalue weighted by Gasteiger charge is 2.14. The molecule has 3 aromatic rings. The number of benzene rings is 1. The third kappa shape index (κ3) is 4.15. The zero-order chi connectivity index (χ0) is 19.4. The van der Waals surface area contributed by atoms with Crippen LogP contribution >= 0.6 is 15.9 Å². The van der Waals surface area contributed by atoms with Gasteiger partial charge in [-0.15, -0.1) is 0 Å². The Morgan fingerprint density at radius 1 is 1.15 bits per heavy atom. The summed E-state index contributed by atoms with van der Waals surface area (Å²) in [5.41, 5.74) is 2.88. The molecule has 2 aromatic heterocycles. The summed E-state index contributed by atoms with van der Waals surface area (Å²) in [6, 6.07) is 10.4. The standard InChI is InChI=1S/C16H10BrN5O5/c17-13-8-10(21(23)24)3-5-12(13)15-6-4-11(27-15)9-19-20-16-14(22(25)26)2-1-7-18-16/h1-9H,(H,18,20)/b19-9+. The van der Waals surface area contributed by atoms with Crippen molar-refractivity contribution in [3.63, 3.8) is 0 Å². The Morgan fingerprint density at radius 3 is 2.67 bits per heavy atom. The molecule has 27 heavy (non-hydrogen) atoms. The molecule has 0 saturated carbocycles. The number of non-ortho nitro benzene ring substituents is 1. The van der Waals surface area contributed by atoms with Gasteiger partial charge in [0, 0.05) is 34.4 Å². The monoisotopic (exact) mass is 431 g/mol. The molecule has 0 saturated heterocycles. The Hall–Kier alpha value is -3.60. The highest BCUT2D eigenvalue weighted by molar-refractivity contribution is 9.10. The maximum absolute atomic E-state index is 10.9. The Balaban J connectivity index is 1.76. The molecule has 2 heterocycles. The van der Waals surface area contributed by atoms with Crippen LogP contribution in [0.15, 0.2) is 62.7 Å². The van der Waals surface area contributed by atoms with E-state index >= 15 is 0 Å². The summed E-state index contributed by atoms with van der Waals surface area (Å²) >= 11 is 3.28. The first-order chi connectivity index (χ1) is 13.0. The molecular formula is C16H10BrN5O5. The van der Waals surface area contributed by atoms with Gasteiger partial charge in [-0.25, -0.2) is 4.98 Å². The number of hydrogen-bond donors (Lipinski definition) is 1. The van der Waals surface area contributed by atoms with E-state index in [2.05, 4.69) is 31.4 Å². The minimum atomic E-state index is -0.567. The zero-order valence-electron chi connectivity index (χ0n) is 13.4. The van der Waals surface area contributed by atoms with E-state index in [-0.39, 0.29) is 17.2 Å². The lowest BCUT2D eigenvalue weighted by Crippen LogP contribution is -1.98. The second-order valence-corrected chi connectivity index (χ2v) is 5.98. The molecule has 0 amide bonds. The van der Waals surface area contributed by atoms with Crippen LogP contribution in [0.1, 0.15) is 5.76 Å². The van der Waals surface area contributed by atoms with Crippen LogP contribution in [0.5, 0.6) is 0 Å². The predicted molar refractivity (Wildman–Crippen MR) is 101 cm³/mol. The van der Waals surface area contributed by atoms with E-state index in [1.54, 1.807) is 18.2 Å². The molecule has 0 aliphatic heterocycles. The van der Waals surface area contributed by atoms with Crippen LogP contribution in [-0.4, -0.2) is 21.0 Å². The van der Waals surface area contributed by atoms with Gasteiger partial charge in [-0.2, -0.15) is 5.10 Å². The normalized spacial score (nSPS) is 10.9. The summed E-state index contributed by atoms with van der Waals surface area (Å²) in [5.74, 6) is 0.854. The van der Waals surface area contributed by atoms with Crippen molar-refractivity contribution < 1.29 is 14.3 Å². The molecule has 10 nitrogen and oxygen atoms in total. The molecule has 1 N–H and O–H groups in total. The Kier molecular flexibility index (Phi) is 5.22. The van der Waals surface area contributed by atoms with Gasteiger partial charge in [-0.3, -0.25) is 25.7 Å². The molecule has 0 radical (unpaired) electrons. The van der Waals surface area contributed by atoms with Gasteiger partial charge in [0.2, 0.25) is 5.82 Å².